The molecule has 0 aromatic rings. The van der Waals surface area contributed by atoms with Gasteiger partial charge in [-0.05, 0) is 49.9 Å². The maximum atomic E-state index is 12.3. The van der Waals surface area contributed by atoms with Gasteiger partial charge in [0.15, 0.2) is 0 Å². The molecule has 138 valence electrons. The van der Waals surface area contributed by atoms with Crippen LogP contribution in [0.15, 0.2) is 0 Å². The molecule has 1 saturated heterocycles. The van der Waals surface area contributed by atoms with Crippen LogP contribution in [0.1, 0.15) is 78.6 Å². The Kier molecular flexibility index (Phi) is 7.12. The summed E-state index contributed by atoms with van der Waals surface area (Å²) in [6.07, 6.45) is 9.44. The van der Waals surface area contributed by atoms with E-state index >= 15 is 0 Å². The molecular weight excluding hydrogens is 300 g/mol. The standard InChI is InChI=1S/C20H36N2O2/c1-20(2,3)17-10-8-16(9-11-17)19(24)21-13-12-18(23)22-14-6-4-5-7-15-22/h16-17H,4-15H2,1-3H3,(H,21,24). The summed E-state index contributed by atoms with van der Waals surface area (Å²) >= 11 is 0. The van der Waals surface area contributed by atoms with Crippen molar-refractivity contribution >= 4 is 11.8 Å². The third-order valence-electron chi connectivity index (χ3n) is 5.92. The SMILES string of the molecule is CC(C)(C)C1CCC(C(=O)NCCC(=O)N2CCCCCC2)CC1. The van der Waals surface area contributed by atoms with Gasteiger partial charge >= 0.3 is 0 Å². The minimum Gasteiger partial charge on any atom is -0.355 e. The smallest absolute Gasteiger partial charge is 0.224 e. The summed E-state index contributed by atoms with van der Waals surface area (Å²) in [7, 11) is 0. The van der Waals surface area contributed by atoms with Crippen LogP contribution in [0.2, 0.25) is 0 Å². The van der Waals surface area contributed by atoms with Gasteiger partial charge in [0, 0.05) is 32.0 Å². The van der Waals surface area contributed by atoms with E-state index in [4.69, 9.17) is 0 Å². The third-order valence-corrected chi connectivity index (χ3v) is 5.92. The number of rotatable bonds is 4. The Labute approximate surface area is 147 Å². The molecule has 0 bridgehead atoms. The first-order valence-electron chi connectivity index (χ1n) is 9.93. The van der Waals surface area contributed by atoms with Gasteiger partial charge in [0.25, 0.3) is 0 Å². The van der Waals surface area contributed by atoms with Crippen molar-refractivity contribution in [3.8, 4) is 0 Å². The van der Waals surface area contributed by atoms with E-state index in [1.807, 2.05) is 4.90 Å². The number of carbonyl (C=O) groups excluding carboxylic acids is 2. The van der Waals surface area contributed by atoms with E-state index in [-0.39, 0.29) is 17.7 Å². The van der Waals surface area contributed by atoms with Crippen LogP contribution in [0.3, 0.4) is 0 Å². The van der Waals surface area contributed by atoms with Crippen LogP contribution in [0.25, 0.3) is 0 Å². The topological polar surface area (TPSA) is 49.4 Å². The largest absolute Gasteiger partial charge is 0.355 e. The number of hydrogen-bond donors (Lipinski definition) is 1. The molecule has 2 fully saturated rings. The fraction of sp³-hybridized carbons (Fsp3) is 0.900. The lowest BCUT2D eigenvalue weighted by atomic mass is 9.69. The van der Waals surface area contributed by atoms with E-state index in [1.165, 1.54) is 12.8 Å². The Balaban J connectivity index is 1.65. The summed E-state index contributed by atoms with van der Waals surface area (Å²) in [6.45, 7) is 9.17. The molecule has 1 aliphatic heterocycles. The molecule has 2 amide bonds. The van der Waals surface area contributed by atoms with E-state index in [1.54, 1.807) is 0 Å². The highest BCUT2D eigenvalue weighted by Crippen LogP contribution is 2.39. The Hall–Kier alpha value is -1.06. The van der Waals surface area contributed by atoms with Crippen molar-refractivity contribution in [1.29, 1.82) is 0 Å². The first-order valence-corrected chi connectivity index (χ1v) is 9.93. The van der Waals surface area contributed by atoms with Crippen LogP contribution >= 0.6 is 0 Å². The first kappa shape index (κ1) is 19.3. The fourth-order valence-electron chi connectivity index (χ4n) is 4.14. The molecular formula is C20H36N2O2. The Bertz CT molecular complexity index is 412. The molecule has 1 heterocycles. The minimum absolute atomic E-state index is 0.150. The molecule has 1 aliphatic carbocycles. The molecule has 2 rings (SSSR count). The van der Waals surface area contributed by atoms with Gasteiger partial charge < -0.3 is 10.2 Å². The van der Waals surface area contributed by atoms with Crippen molar-refractivity contribution in [3.05, 3.63) is 0 Å². The second-order valence-corrected chi connectivity index (χ2v) is 8.75. The Morgan fingerprint density at radius 1 is 0.958 bits per heavy atom. The van der Waals surface area contributed by atoms with Crippen molar-refractivity contribution in [3.63, 3.8) is 0 Å². The Morgan fingerprint density at radius 3 is 2.08 bits per heavy atom. The molecule has 4 heteroatoms. The van der Waals surface area contributed by atoms with E-state index in [0.29, 0.717) is 18.4 Å². The van der Waals surface area contributed by atoms with Crippen LogP contribution in [0.5, 0.6) is 0 Å². The van der Waals surface area contributed by atoms with Crippen LogP contribution in [-0.2, 0) is 9.59 Å². The lowest BCUT2D eigenvalue weighted by molar-refractivity contribution is -0.131. The zero-order valence-electron chi connectivity index (χ0n) is 15.9. The van der Waals surface area contributed by atoms with Gasteiger partial charge in [-0.1, -0.05) is 33.6 Å². The van der Waals surface area contributed by atoms with Gasteiger partial charge in [0.2, 0.25) is 11.8 Å². The summed E-state index contributed by atoms with van der Waals surface area (Å²) in [5.74, 6) is 1.24. The number of amides is 2. The fourth-order valence-corrected chi connectivity index (χ4v) is 4.14. The molecule has 24 heavy (non-hydrogen) atoms. The first-order chi connectivity index (χ1) is 11.4. The van der Waals surface area contributed by atoms with E-state index in [0.717, 1.165) is 57.5 Å². The number of nitrogens with one attached hydrogen (secondary N) is 1. The number of hydrogen-bond acceptors (Lipinski definition) is 2. The number of carbonyl (C=O) groups is 2. The molecule has 2 aliphatic rings. The van der Waals surface area contributed by atoms with E-state index < -0.39 is 0 Å². The van der Waals surface area contributed by atoms with Crippen molar-refractivity contribution < 1.29 is 9.59 Å². The van der Waals surface area contributed by atoms with Crippen molar-refractivity contribution in [1.82, 2.24) is 10.2 Å². The average Bonchev–Trinajstić information content (AvgIpc) is 2.83. The second kappa shape index (κ2) is 8.87. The zero-order chi connectivity index (χ0) is 17.6. The molecule has 1 N–H and O–H groups in total. The molecule has 1 saturated carbocycles. The predicted molar refractivity (Wildman–Crippen MR) is 97.6 cm³/mol. The lowest BCUT2D eigenvalue weighted by Gasteiger charge is -2.36. The minimum atomic E-state index is 0.150. The van der Waals surface area contributed by atoms with E-state index in [9.17, 15) is 9.59 Å². The zero-order valence-corrected chi connectivity index (χ0v) is 15.9. The van der Waals surface area contributed by atoms with E-state index in [2.05, 4.69) is 26.1 Å². The number of nitrogens with zero attached hydrogens (tertiary/aromatic N) is 1. The second-order valence-electron chi connectivity index (χ2n) is 8.75. The highest BCUT2D eigenvalue weighted by atomic mass is 16.2. The normalized spacial score (nSPS) is 25.9. The summed E-state index contributed by atoms with van der Waals surface area (Å²) in [5, 5.41) is 3.01. The molecule has 0 radical (unpaired) electrons. The number of likely N-dealkylation sites (tertiary alicyclic amines) is 1. The van der Waals surface area contributed by atoms with Gasteiger partial charge in [-0.15, -0.1) is 0 Å². The average molecular weight is 337 g/mol. The third kappa shape index (κ3) is 5.78. The highest BCUT2D eigenvalue weighted by molar-refractivity contribution is 5.80. The lowest BCUT2D eigenvalue weighted by Crippen LogP contribution is -2.38. The Morgan fingerprint density at radius 2 is 1.54 bits per heavy atom. The van der Waals surface area contributed by atoms with Gasteiger partial charge in [-0.25, -0.2) is 0 Å². The molecule has 0 aromatic heterocycles. The van der Waals surface area contributed by atoms with Crippen molar-refractivity contribution in [2.75, 3.05) is 19.6 Å². The molecule has 0 atom stereocenters. The van der Waals surface area contributed by atoms with Gasteiger partial charge in [-0.2, -0.15) is 0 Å². The maximum absolute atomic E-state index is 12.3. The van der Waals surface area contributed by atoms with Crippen molar-refractivity contribution in [2.24, 2.45) is 17.3 Å². The van der Waals surface area contributed by atoms with Crippen LogP contribution in [-0.4, -0.2) is 36.3 Å². The monoisotopic (exact) mass is 336 g/mol. The van der Waals surface area contributed by atoms with Gasteiger partial charge in [-0.3, -0.25) is 9.59 Å². The predicted octanol–water partition coefficient (Wildman–Crippen LogP) is 3.75. The summed E-state index contributed by atoms with van der Waals surface area (Å²) in [4.78, 5) is 26.5. The van der Waals surface area contributed by atoms with Crippen LogP contribution < -0.4 is 5.32 Å². The van der Waals surface area contributed by atoms with Gasteiger partial charge in [0.05, 0.1) is 0 Å². The van der Waals surface area contributed by atoms with Crippen molar-refractivity contribution in [2.45, 2.75) is 78.6 Å². The summed E-state index contributed by atoms with van der Waals surface area (Å²) in [6, 6.07) is 0. The van der Waals surface area contributed by atoms with Crippen LogP contribution in [0, 0.1) is 17.3 Å². The maximum Gasteiger partial charge on any atom is 0.224 e. The molecule has 0 aromatic carbocycles. The molecule has 4 nitrogen and oxygen atoms in total. The van der Waals surface area contributed by atoms with Crippen LogP contribution in [0.4, 0.5) is 0 Å². The summed E-state index contributed by atoms with van der Waals surface area (Å²) < 4.78 is 0. The quantitative estimate of drug-likeness (QED) is 0.850. The molecule has 0 spiro atoms. The highest BCUT2D eigenvalue weighted by Gasteiger charge is 2.32. The van der Waals surface area contributed by atoms with Gasteiger partial charge in [0.1, 0.15) is 0 Å². The summed E-state index contributed by atoms with van der Waals surface area (Å²) in [5.41, 5.74) is 0.348. The molecule has 0 unspecified atom stereocenters.